The van der Waals surface area contributed by atoms with Gasteiger partial charge in [-0.2, -0.15) is 0 Å². The Morgan fingerprint density at radius 1 is 1.20 bits per heavy atom. The van der Waals surface area contributed by atoms with Crippen molar-refractivity contribution in [2.45, 2.75) is 13.5 Å². The number of aryl methyl sites for hydroxylation is 1. The summed E-state index contributed by atoms with van der Waals surface area (Å²) in [6.07, 6.45) is 1.99. The van der Waals surface area contributed by atoms with Gasteiger partial charge >= 0.3 is 0 Å². The first-order valence-electron chi connectivity index (χ1n) is 6.44. The van der Waals surface area contributed by atoms with Gasteiger partial charge in [0.25, 0.3) is 0 Å². The fraction of sp³-hybridized carbons (Fsp3) is 0.200. The zero-order valence-corrected chi connectivity index (χ0v) is 13.0. The predicted molar refractivity (Wildman–Crippen MR) is 84.5 cm³/mol. The van der Waals surface area contributed by atoms with E-state index < -0.39 is 0 Å². The van der Waals surface area contributed by atoms with Crippen LogP contribution < -0.4 is 5.32 Å². The molecule has 0 aliphatic carbocycles. The molecule has 5 heteroatoms. The summed E-state index contributed by atoms with van der Waals surface area (Å²) in [5.41, 5.74) is 4.10. The normalized spacial score (nSPS) is 11.2. The number of nitrogens with zero attached hydrogens (tertiary/aromatic N) is 2. The van der Waals surface area contributed by atoms with Crippen LogP contribution in [0.5, 0.6) is 0 Å². The van der Waals surface area contributed by atoms with Gasteiger partial charge in [-0.05, 0) is 31.7 Å². The third-order valence-corrected chi connectivity index (χ3v) is 3.79. The first kappa shape index (κ1) is 13.3. The van der Waals surface area contributed by atoms with Crippen molar-refractivity contribution in [2.24, 2.45) is 0 Å². The highest BCUT2D eigenvalue weighted by Crippen LogP contribution is 2.24. The smallest absolute Gasteiger partial charge is 0.161 e. The zero-order chi connectivity index (χ0) is 14.1. The lowest BCUT2D eigenvalue weighted by atomic mass is 10.1. The third-order valence-electron chi connectivity index (χ3n) is 3.26. The van der Waals surface area contributed by atoms with Gasteiger partial charge in [0.15, 0.2) is 5.82 Å². The van der Waals surface area contributed by atoms with Gasteiger partial charge in [0.1, 0.15) is 5.65 Å². The molecule has 2 N–H and O–H groups in total. The monoisotopic (exact) mass is 330 g/mol. The van der Waals surface area contributed by atoms with Crippen molar-refractivity contribution < 1.29 is 0 Å². The van der Waals surface area contributed by atoms with Crippen LogP contribution >= 0.6 is 15.9 Å². The van der Waals surface area contributed by atoms with Crippen molar-refractivity contribution in [2.75, 3.05) is 7.05 Å². The summed E-state index contributed by atoms with van der Waals surface area (Å²) >= 11 is 3.44. The van der Waals surface area contributed by atoms with E-state index >= 15 is 0 Å². The molecule has 0 saturated heterocycles. The highest BCUT2D eigenvalue weighted by Gasteiger charge is 2.11. The highest BCUT2D eigenvalue weighted by atomic mass is 79.9. The van der Waals surface area contributed by atoms with E-state index in [4.69, 9.17) is 0 Å². The van der Waals surface area contributed by atoms with Crippen LogP contribution in [-0.4, -0.2) is 22.0 Å². The van der Waals surface area contributed by atoms with Crippen molar-refractivity contribution in [3.05, 3.63) is 46.2 Å². The maximum absolute atomic E-state index is 4.64. The molecular formula is C15H15BrN4. The van der Waals surface area contributed by atoms with Crippen molar-refractivity contribution in [1.82, 2.24) is 20.3 Å². The molecule has 0 aliphatic rings. The summed E-state index contributed by atoms with van der Waals surface area (Å²) in [6.45, 7) is 2.83. The quantitative estimate of drug-likeness (QED) is 0.773. The molecule has 2 aromatic heterocycles. The van der Waals surface area contributed by atoms with Crippen molar-refractivity contribution in [3.63, 3.8) is 0 Å². The minimum absolute atomic E-state index is 0.750. The summed E-state index contributed by atoms with van der Waals surface area (Å²) in [5.74, 6) is 0.750. The number of aromatic amines is 1. The summed E-state index contributed by atoms with van der Waals surface area (Å²) in [7, 11) is 1.94. The Morgan fingerprint density at radius 3 is 2.65 bits per heavy atom. The third kappa shape index (κ3) is 2.34. The minimum Gasteiger partial charge on any atom is -0.346 e. The number of hydrogen-bond donors (Lipinski definition) is 2. The Labute approximate surface area is 125 Å². The summed E-state index contributed by atoms with van der Waals surface area (Å²) in [5, 5.41) is 4.27. The van der Waals surface area contributed by atoms with Crippen LogP contribution in [0.2, 0.25) is 0 Å². The van der Waals surface area contributed by atoms with Gasteiger partial charge < -0.3 is 10.3 Å². The average Bonchev–Trinajstić information content (AvgIpc) is 2.84. The molecule has 0 aliphatic heterocycles. The lowest BCUT2D eigenvalue weighted by Gasteiger charge is -2.05. The van der Waals surface area contributed by atoms with Crippen molar-refractivity contribution in [3.8, 4) is 11.4 Å². The summed E-state index contributed by atoms with van der Waals surface area (Å²) in [4.78, 5) is 12.5. The van der Waals surface area contributed by atoms with Crippen LogP contribution in [0.1, 0.15) is 11.3 Å². The second kappa shape index (κ2) is 5.34. The fourth-order valence-electron chi connectivity index (χ4n) is 2.35. The Bertz CT molecular complexity index is 746. The van der Waals surface area contributed by atoms with Gasteiger partial charge in [-0.3, -0.25) is 0 Å². The van der Waals surface area contributed by atoms with E-state index in [1.54, 1.807) is 0 Å². The van der Waals surface area contributed by atoms with Gasteiger partial charge in [0.05, 0.1) is 5.69 Å². The van der Waals surface area contributed by atoms with Gasteiger partial charge in [-0.1, -0.05) is 28.1 Å². The number of halogens is 1. The van der Waals surface area contributed by atoms with Crippen LogP contribution in [0.25, 0.3) is 22.4 Å². The van der Waals surface area contributed by atoms with Crippen LogP contribution in [0.4, 0.5) is 0 Å². The molecule has 0 saturated carbocycles. The lowest BCUT2D eigenvalue weighted by Crippen LogP contribution is -2.05. The largest absolute Gasteiger partial charge is 0.346 e. The van der Waals surface area contributed by atoms with E-state index in [0.29, 0.717) is 0 Å². The first-order chi connectivity index (χ1) is 9.69. The van der Waals surface area contributed by atoms with Crippen LogP contribution in [0.15, 0.2) is 34.9 Å². The number of benzene rings is 1. The topological polar surface area (TPSA) is 53.6 Å². The van der Waals surface area contributed by atoms with E-state index in [0.717, 1.165) is 39.1 Å². The SMILES string of the molecule is CNCc1c[nH]c2nc(-c3ccc(Br)cc3)nc(C)c12. The van der Waals surface area contributed by atoms with E-state index in [1.165, 1.54) is 5.56 Å². The Hall–Kier alpha value is -1.72. The number of fused-ring (bicyclic) bond motifs is 1. The van der Waals surface area contributed by atoms with E-state index in [-0.39, 0.29) is 0 Å². The van der Waals surface area contributed by atoms with Crippen LogP contribution in [-0.2, 0) is 6.54 Å². The molecule has 0 amide bonds. The maximum Gasteiger partial charge on any atom is 0.161 e. The zero-order valence-electron chi connectivity index (χ0n) is 11.4. The molecule has 4 nitrogen and oxygen atoms in total. The second-order valence-electron chi connectivity index (χ2n) is 4.71. The first-order valence-corrected chi connectivity index (χ1v) is 7.23. The molecule has 0 spiro atoms. The number of H-pyrrole nitrogens is 1. The summed E-state index contributed by atoms with van der Waals surface area (Å²) < 4.78 is 1.05. The van der Waals surface area contributed by atoms with Gasteiger partial charge in [0.2, 0.25) is 0 Å². The molecule has 3 aromatic rings. The van der Waals surface area contributed by atoms with Crippen LogP contribution in [0.3, 0.4) is 0 Å². The molecule has 1 aromatic carbocycles. The number of aromatic nitrogens is 3. The summed E-state index contributed by atoms with van der Waals surface area (Å²) in [6, 6.07) is 8.03. The maximum atomic E-state index is 4.64. The minimum atomic E-state index is 0.750. The Balaban J connectivity index is 2.13. The predicted octanol–water partition coefficient (Wildman–Crippen LogP) is 3.42. The van der Waals surface area contributed by atoms with Gasteiger partial charge in [-0.15, -0.1) is 0 Å². The number of hydrogen-bond acceptors (Lipinski definition) is 3. The van der Waals surface area contributed by atoms with Crippen molar-refractivity contribution >= 4 is 27.0 Å². The Morgan fingerprint density at radius 2 is 1.95 bits per heavy atom. The molecule has 0 unspecified atom stereocenters. The van der Waals surface area contributed by atoms with E-state index in [1.807, 2.05) is 44.4 Å². The van der Waals surface area contributed by atoms with Gasteiger partial charge in [-0.25, -0.2) is 9.97 Å². The molecular weight excluding hydrogens is 316 g/mol. The van der Waals surface area contributed by atoms with Crippen molar-refractivity contribution in [1.29, 1.82) is 0 Å². The highest BCUT2D eigenvalue weighted by molar-refractivity contribution is 9.10. The molecule has 102 valence electrons. The second-order valence-corrected chi connectivity index (χ2v) is 5.62. The fourth-order valence-corrected chi connectivity index (χ4v) is 2.61. The van der Waals surface area contributed by atoms with E-state index in [9.17, 15) is 0 Å². The molecule has 0 fully saturated rings. The molecule has 0 atom stereocenters. The number of nitrogens with one attached hydrogen (secondary N) is 2. The van der Waals surface area contributed by atoms with Gasteiger partial charge in [0, 0.05) is 28.2 Å². The van der Waals surface area contributed by atoms with Crippen LogP contribution in [0, 0.1) is 6.92 Å². The number of rotatable bonds is 3. The molecule has 20 heavy (non-hydrogen) atoms. The molecule has 2 heterocycles. The molecule has 0 bridgehead atoms. The van der Waals surface area contributed by atoms with E-state index in [2.05, 4.69) is 36.2 Å². The lowest BCUT2D eigenvalue weighted by molar-refractivity contribution is 0.822. The molecule has 3 rings (SSSR count). The molecule has 0 radical (unpaired) electrons. The Kier molecular flexibility index (Phi) is 3.54. The average molecular weight is 331 g/mol. The standard InChI is InChI=1S/C15H15BrN4/c1-9-13-11(7-17-2)8-18-15(13)20-14(19-9)10-3-5-12(16)6-4-10/h3-6,8,17H,7H2,1-2H3,(H,18,19,20).